The zero-order chi connectivity index (χ0) is 19.4. The third-order valence-electron chi connectivity index (χ3n) is 4.63. The molecule has 2 heterocycles. The summed E-state index contributed by atoms with van der Waals surface area (Å²) < 4.78 is 50.7. The Morgan fingerprint density at radius 3 is 1.59 bits per heavy atom. The highest BCUT2D eigenvalue weighted by atomic mass is 19.1. The van der Waals surface area contributed by atoms with E-state index in [9.17, 15) is 8.78 Å². The van der Waals surface area contributed by atoms with Gasteiger partial charge in [-0.1, -0.05) is 0 Å². The van der Waals surface area contributed by atoms with Crippen LogP contribution in [0, 0.1) is 11.6 Å². The Labute approximate surface area is 157 Å². The van der Waals surface area contributed by atoms with E-state index in [-0.39, 0.29) is 19.2 Å². The predicted molar refractivity (Wildman–Crippen MR) is 98.0 cm³/mol. The van der Waals surface area contributed by atoms with Crippen LogP contribution >= 0.6 is 0 Å². The van der Waals surface area contributed by atoms with Crippen LogP contribution in [0.25, 0.3) is 0 Å². The number of hydrogen-bond acceptors (Lipinski definition) is 4. The highest BCUT2D eigenvalue weighted by Crippen LogP contribution is 2.40. The van der Waals surface area contributed by atoms with Crippen molar-refractivity contribution >= 4 is 7.69 Å². The van der Waals surface area contributed by atoms with Crippen molar-refractivity contribution < 1.29 is 27.6 Å². The molecule has 0 aromatic heterocycles. The Morgan fingerprint density at radius 1 is 0.778 bits per heavy atom. The molecule has 27 heavy (non-hydrogen) atoms. The van der Waals surface area contributed by atoms with Gasteiger partial charge in [0, 0.05) is 36.1 Å². The van der Waals surface area contributed by atoms with Gasteiger partial charge in [0.15, 0.2) is 23.1 Å². The Bertz CT molecular complexity index is 838. The maximum absolute atomic E-state index is 14.2. The highest BCUT2D eigenvalue weighted by molar-refractivity contribution is 6.20. The van der Waals surface area contributed by atoms with E-state index in [1.54, 1.807) is 12.1 Å². The summed E-state index contributed by atoms with van der Waals surface area (Å²) in [6, 6.07) is 6.03. The van der Waals surface area contributed by atoms with Crippen LogP contribution in [0.15, 0.2) is 24.3 Å². The van der Waals surface area contributed by atoms with Crippen LogP contribution in [0.4, 0.5) is 8.78 Å². The summed E-state index contributed by atoms with van der Waals surface area (Å²) in [7, 11) is -0.162. The summed E-state index contributed by atoms with van der Waals surface area (Å²) in [5, 5.41) is 0. The predicted octanol–water partition coefficient (Wildman–Crippen LogP) is 4.12. The van der Waals surface area contributed by atoms with Gasteiger partial charge < -0.3 is 18.8 Å². The lowest BCUT2D eigenvalue weighted by molar-refractivity contribution is 0.132. The van der Waals surface area contributed by atoms with Gasteiger partial charge in [0.1, 0.15) is 22.7 Å². The monoisotopic (exact) mass is 374 g/mol. The summed E-state index contributed by atoms with van der Waals surface area (Å²) in [6.45, 7) is 7.62. The standard InChI is InChI=1S/C20H21BF2O4/c1-19(2)9-11-5-13(7-15(22)17(11)24-19)26-21-27-14-6-12-10-20(3,4)25-18(12)16(23)8-14/h5-8,21H,9-10H2,1-4H3. The highest BCUT2D eigenvalue weighted by Gasteiger charge is 2.34. The number of ether oxygens (including phenoxy) is 2. The van der Waals surface area contributed by atoms with Crippen molar-refractivity contribution in [3.63, 3.8) is 0 Å². The summed E-state index contributed by atoms with van der Waals surface area (Å²) in [5.74, 6) is 0.317. The van der Waals surface area contributed by atoms with Crippen molar-refractivity contribution in [3.05, 3.63) is 47.0 Å². The first-order valence-corrected chi connectivity index (χ1v) is 8.90. The van der Waals surface area contributed by atoms with E-state index in [1.807, 2.05) is 27.7 Å². The first-order valence-electron chi connectivity index (χ1n) is 8.90. The lowest BCUT2D eigenvalue weighted by Crippen LogP contribution is -2.24. The van der Waals surface area contributed by atoms with Crippen LogP contribution < -0.4 is 18.8 Å². The molecular formula is C20H21BF2O4. The van der Waals surface area contributed by atoms with E-state index in [2.05, 4.69) is 0 Å². The van der Waals surface area contributed by atoms with Gasteiger partial charge in [-0.15, -0.1) is 0 Å². The molecule has 0 spiro atoms. The Balaban J connectivity index is 1.43. The summed E-state index contributed by atoms with van der Waals surface area (Å²) in [5.41, 5.74) is 0.655. The number of halogens is 2. The molecule has 2 aromatic rings. The number of hydrogen-bond donors (Lipinski definition) is 0. The number of rotatable bonds is 4. The second kappa shape index (κ2) is 6.04. The lowest BCUT2D eigenvalue weighted by Gasteiger charge is -2.16. The fourth-order valence-corrected chi connectivity index (χ4v) is 3.61. The average molecular weight is 374 g/mol. The zero-order valence-electron chi connectivity index (χ0n) is 15.8. The first-order chi connectivity index (χ1) is 12.6. The Kier molecular flexibility index (Phi) is 4.02. The molecule has 0 N–H and O–H groups in total. The number of benzene rings is 2. The molecule has 0 amide bonds. The Morgan fingerprint density at radius 2 is 1.19 bits per heavy atom. The maximum Gasteiger partial charge on any atom is 0.576 e. The van der Waals surface area contributed by atoms with Gasteiger partial charge in [0.2, 0.25) is 0 Å². The van der Waals surface area contributed by atoms with Gasteiger partial charge >= 0.3 is 7.69 Å². The molecule has 0 radical (unpaired) electrons. The van der Waals surface area contributed by atoms with Crippen molar-refractivity contribution in [2.45, 2.75) is 51.7 Å². The lowest BCUT2D eigenvalue weighted by atomic mass is 10.0. The van der Waals surface area contributed by atoms with Gasteiger partial charge in [-0.25, -0.2) is 8.78 Å². The average Bonchev–Trinajstić information content (AvgIpc) is 3.02. The fraction of sp³-hybridized carbons (Fsp3) is 0.400. The smallest absolute Gasteiger partial charge is 0.528 e. The van der Waals surface area contributed by atoms with Crippen molar-refractivity contribution in [2.24, 2.45) is 0 Å². The van der Waals surface area contributed by atoms with Gasteiger partial charge in [-0.3, -0.25) is 0 Å². The Hall–Kier alpha value is -2.44. The second-order valence-electron chi connectivity index (χ2n) is 8.27. The van der Waals surface area contributed by atoms with Gasteiger partial charge in [-0.05, 0) is 39.8 Å². The van der Waals surface area contributed by atoms with Crippen LogP contribution in [0.5, 0.6) is 23.0 Å². The molecule has 4 rings (SSSR count). The van der Waals surface area contributed by atoms with E-state index < -0.39 is 22.8 Å². The van der Waals surface area contributed by atoms with Gasteiger partial charge in [0.05, 0.1) is 0 Å². The van der Waals surface area contributed by atoms with E-state index in [1.165, 1.54) is 12.1 Å². The molecule has 142 valence electrons. The van der Waals surface area contributed by atoms with Crippen LogP contribution in [0.2, 0.25) is 0 Å². The molecule has 0 saturated carbocycles. The molecule has 2 aliphatic heterocycles. The normalized spacial score (nSPS) is 18.1. The van der Waals surface area contributed by atoms with E-state index in [0.29, 0.717) is 24.3 Å². The molecule has 0 atom stereocenters. The third-order valence-corrected chi connectivity index (χ3v) is 4.63. The fourth-order valence-electron chi connectivity index (χ4n) is 3.61. The molecular weight excluding hydrogens is 353 g/mol. The molecule has 2 aliphatic rings. The topological polar surface area (TPSA) is 36.9 Å². The van der Waals surface area contributed by atoms with Crippen molar-refractivity contribution in [1.82, 2.24) is 0 Å². The van der Waals surface area contributed by atoms with Gasteiger partial charge in [-0.2, -0.15) is 0 Å². The molecule has 0 fully saturated rings. The second-order valence-corrected chi connectivity index (χ2v) is 8.27. The quantitative estimate of drug-likeness (QED) is 0.755. The van der Waals surface area contributed by atoms with Gasteiger partial charge in [0.25, 0.3) is 0 Å². The van der Waals surface area contributed by atoms with Crippen molar-refractivity contribution in [2.75, 3.05) is 0 Å². The minimum Gasteiger partial charge on any atom is -0.528 e. The molecule has 7 heteroatoms. The summed E-state index contributed by atoms with van der Waals surface area (Å²) in [4.78, 5) is 0. The van der Waals surface area contributed by atoms with Crippen molar-refractivity contribution in [1.29, 1.82) is 0 Å². The minimum absolute atomic E-state index is 0.162. The SMILES string of the molecule is CC1(C)Cc2cc(OBOc3cc(F)c4c(c3)CC(C)(C)O4)cc(F)c2O1. The first kappa shape index (κ1) is 18.0. The molecule has 2 aromatic carbocycles. The maximum atomic E-state index is 14.2. The molecule has 0 unspecified atom stereocenters. The van der Waals surface area contributed by atoms with Crippen LogP contribution in [0.1, 0.15) is 38.8 Å². The van der Waals surface area contributed by atoms with E-state index >= 15 is 0 Å². The molecule has 0 bridgehead atoms. The zero-order valence-corrected chi connectivity index (χ0v) is 15.8. The van der Waals surface area contributed by atoms with Crippen molar-refractivity contribution in [3.8, 4) is 23.0 Å². The molecule has 0 saturated heterocycles. The largest absolute Gasteiger partial charge is 0.576 e. The van der Waals surface area contributed by atoms with E-state index in [0.717, 1.165) is 11.1 Å². The summed E-state index contributed by atoms with van der Waals surface area (Å²) in [6.07, 6.45) is 1.20. The van der Waals surface area contributed by atoms with Crippen LogP contribution in [0.3, 0.4) is 0 Å². The molecule has 0 aliphatic carbocycles. The van der Waals surface area contributed by atoms with Crippen LogP contribution in [-0.2, 0) is 12.8 Å². The third kappa shape index (κ3) is 3.55. The minimum atomic E-state index is -0.462. The molecule has 4 nitrogen and oxygen atoms in total. The van der Waals surface area contributed by atoms with E-state index in [4.69, 9.17) is 18.8 Å². The summed E-state index contributed by atoms with van der Waals surface area (Å²) >= 11 is 0. The number of fused-ring (bicyclic) bond motifs is 2. The van der Waals surface area contributed by atoms with Crippen LogP contribution in [-0.4, -0.2) is 18.9 Å².